The Morgan fingerprint density at radius 1 is 0.568 bits per heavy atom. The predicted molar refractivity (Wildman–Crippen MR) is 183 cm³/mol. The smallest absolute Gasteiger partial charge is 0.140 e. The molecule has 1 aliphatic carbocycles. The van der Waals surface area contributed by atoms with E-state index in [9.17, 15) is 0 Å². The molecule has 3 heteroatoms. The standard InChI is InChI=1S/C41H31N3/c1-41(2)34-18-9-7-16-30(34)32-21-22-33-31-17-8-10-19-36(31)44(39(33)38(32)41)29-15-11-14-27(24-29)28-20-23-35-37(25-28)43(3)40(42-35)26-12-5-4-6-13-26/h4-25H,1-3H3. The molecule has 8 aromatic rings. The Labute approximate surface area is 256 Å². The molecule has 0 N–H and O–H groups in total. The molecule has 2 aromatic heterocycles. The Balaban J connectivity index is 1.26. The van der Waals surface area contributed by atoms with Gasteiger partial charge in [0, 0.05) is 34.5 Å². The number of rotatable bonds is 3. The molecule has 0 radical (unpaired) electrons. The molecule has 0 bridgehead atoms. The molecule has 9 rings (SSSR count). The van der Waals surface area contributed by atoms with Gasteiger partial charge in [-0.05, 0) is 63.7 Å². The van der Waals surface area contributed by atoms with Crippen LogP contribution < -0.4 is 0 Å². The molecular weight excluding hydrogens is 534 g/mol. The first-order chi connectivity index (χ1) is 21.5. The number of aryl methyl sites for hydroxylation is 1. The summed E-state index contributed by atoms with van der Waals surface area (Å²) in [7, 11) is 2.11. The van der Waals surface area contributed by atoms with Crippen molar-refractivity contribution >= 4 is 32.8 Å². The van der Waals surface area contributed by atoms with Gasteiger partial charge in [-0.15, -0.1) is 0 Å². The van der Waals surface area contributed by atoms with Gasteiger partial charge in [0.1, 0.15) is 5.82 Å². The third-order valence-electron chi connectivity index (χ3n) is 9.70. The van der Waals surface area contributed by atoms with Crippen molar-refractivity contribution in [2.45, 2.75) is 19.3 Å². The maximum atomic E-state index is 4.97. The highest BCUT2D eigenvalue weighted by atomic mass is 15.1. The average molecular weight is 566 g/mol. The molecule has 0 amide bonds. The maximum absolute atomic E-state index is 4.97. The highest BCUT2D eigenvalue weighted by molar-refractivity contribution is 6.13. The number of hydrogen-bond acceptors (Lipinski definition) is 1. The lowest BCUT2D eigenvalue weighted by molar-refractivity contribution is 0.664. The fraction of sp³-hybridized carbons (Fsp3) is 0.0976. The second-order valence-corrected chi connectivity index (χ2v) is 12.5. The summed E-state index contributed by atoms with van der Waals surface area (Å²) in [5, 5.41) is 2.59. The Bertz CT molecular complexity index is 2420. The first-order valence-electron chi connectivity index (χ1n) is 15.3. The fourth-order valence-corrected chi connectivity index (χ4v) is 7.62. The zero-order valence-electron chi connectivity index (χ0n) is 25.0. The Morgan fingerprint density at radius 3 is 2.20 bits per heavy atom. The number of hydrogen-bond donors (Lipinski definition) is 0. The molecule has 0 fully saturated rings. The van der Waals surface area contributed by atoms with Crippen LogP contribution in [-0.2, 0) is 12.5 Å². The first-order valence-corrected chi connectivity index (χ1v) is 15.3. The number of para-hydroxylation sites is 1. The summed E-state index contributed by atoms with van der Waals surface area (Å²) in [6, 6.07) is 48.5. The molecule has 0 saturated carbocycles. The van der Waals surface area contributed by atoms with Crippen LogP contribution in [-0.4, -0.2) is 14.1 Å². The number of fused-ring (bicyclic) bond motifs is 8. The van der Waals surface area contributed by atoms with Gasteiger partial charge in [-0.2, -0.15) is 0 Å². The van der Waals surface area contributed by atoms with Crippen LogP contribution in [0.4, 0.5) is 0 Å². The van der Waals surface area contributed by atoms with E-state index in [0.717, 1.165) is 22.4 Å². The second-order valence-electron chi connectivity index (χ2n) is 12.5. The highest BCUT2D eigenvalue weighted by Crippen LogP contribution is 2.52. The zero-order valence-corrected chi connectivity index (χ0v) is 25.0. The molecule has 0 atom stereocenters. The number of imidazole rings is 1. The van der Waals surface area contributed by atoms with Crippen LogP contribution in [0.5, 0.6) is 0 Å². The third-order valence-corrected chi connectivity index (χ3v) is 9.70. The summed E-state index contributed by atoms with van der Waals surface area (Å²) in [5.41, 5.74) is 14.7. The van der Waals surface area contributed by atoms with Crippen molar-refractivity contribution in [1.82, 2.24) is 14.1 Å². The van der Waals surface area contributed by atoms with Gasteiger partial charge in [0.05, 0.1) is 22.1 Å². The Hall–Kier alpha value is -5.41. The lowest BCUT2D eigenvalue weighted by Gasteiger charge is -2.23. The van der Waals surface area contributed by atoms with Gasteiger partial charge in [-0.3, -0.25) is 0 Å². The van der Waals surface area contributed by atoms with Gasteiger partial charge in [-0.1, -0.05) is 117 Å². The van der Waals surface area contributed by atoms with Crippen LogP contribution in [0.2, 0.25) is 0 Å². The molecule has 0 spiro atoms. The van der Waals surface area contributed by atoms with Gasteiger partial charge >= 0.3 is 0 Å². The SMILES string of the molecule is Cn1c(-c2ccccc2)nc2ccc(-c3cccc(-n4c5ccccc5c5ccc6c(c54)C(C)(C)c4ccccc4-6)c3)cc21. The third kappa shape index (κ3) is 3.41. The minimum Gasteiger partial charge on any atom is -0.327 e. The number of nitrogens with zero attached hydrogens (tertiary/aromatic N) is 3. The van der Waals surface area contributed by atoms with Crippen LogP contribution in [0.15, 0.2) is 133 Å². The molecule has 0 aliphatic heterocycles. The highest BCUT2D eigenvalue weighted by Gasteiger charge is 2.38. The number of aromatic nitrogens is 3. The predicted octanol–water partition coefficient (Wildman–Crippen LogP) is 10.3. The van der Waals surface area contributed by atoms with Gasteiger partial charge in [-0.25, -0.2) is 4.98 Å². The fourth-order valence-electron chi connectivity index (χ4n) is 7.62. The maximum Gasteiger partial charge on any atom is 0.140 e. The van der Waals surface area contributed by atoms with Crippen LogP contribution in [0.3, 0.4) is 0 Å². The topological polar surface area (TPSA) is 22.8 Å². The van der Waals surface area contributed by atoms with E-state index >= 15 is 0 Å². The van der Waals surface area contributed by atoms with Crippen molar-refractivity contribution in [2.75, 3.05) is 0 Å². The molecule has 1 aliphatic rings. The molecule has 2 heterocycles. The summed E-state index contributed by atoms with van der Waals surface area (Å²) in [6.45, 7) is 4.75. The summed E-state index contributed by atoms with van der Waals surface area (Å²) in [5.74, 6) is 0.981. The summed E-state index contributed by atoms with van der Waals surface area (Å²) < 4.78 is 4.70. The van der Waals surface area contributed by atoms with E-state index in [1.54, 1.807) is 0 Å². The van der Waals surface area contributed by atoms with Gasteiger partial charge in [0.15, 0.2) is 0 Å². The average Bonchev–Trinajstić information content (AvgIpc) is 3.66. The van der Waals surface area contributed by atoms with Crippen LogP contribution in [0, 0.1) is 0 Å². The monoisotopic (exact) mass is 565 g/mol. The molecule has 210 valence electrons. The van der Waals surface area contributed by atoms with Crippen LogP contribution in [0.1, 0.15) is 25.0 Å². The molecule has 3 nitrogen and oxygen atoms in total. The Kier molecular flexibility index (Phi) is 5.16. The van der Waals surface area contributed by atoms with Crippen molar-refractivity contribution in [2.24, 2.45) is 7.05 Å². The largest absolute Gasteiger partial charge is 0.327 e. The Morgan fingerprint density at radius 2 is 1.32 bits per heavy atom. The van der Waals surface area contributed by atoms with Crippen molar-refractivity contribution < 1.29 is 0 Å². The van der Waals surface area contributed by atoms with Gasteiger partial charge < -0.3 is 9.13 Å². The first kappa shape index (κ1) is 25.1. The molecule has 0 saturated heterocycles. The van der Waals surface area contributed by atoms with E-state index in [1.807, 2.05) is 6.07 Å². The van der Waals surface area contributed by atoms with E-state index < -0.39 is 0 Å². The number of benzene rings is 6. The summed E-state index contributed by atoms with van der Waals surface area (Å²) in [4.78, 5) is 4.97. The van der Waals surface area contributed by atoms with E-state index in [-0.39, 0.29) is 5.41 Å². The molecule has 44 heavy (non-hydrogen) atoms. The minimum atomic E-state index is -0.115. The zero-order chi connectivity index (χ0) is 29.6. The van der Waals surface area contributed by atoms with Crippen LogP contribution >= 0.6 is 0 Å². The molecule has 0 unspecified atom stereocenters. The van der Waals surface area contributed by atoms with E-state index in [1.165, 1.54) is 60.9 Å². The van der Waals surface area contributed by atoms with Crippen molar-refractivity contribution in [3.8, 4) is 39.3 Å². The van der Waals surface area contributed by atoms with E-state index in [0.29, 0.717) is 0 Å². The summed E-state index contributed by atoms with van der Waals surface area (Å²) in [6.07, 6.45) is 0. The minimum absolute atomic E-state index is 0.115. The molecular formula is C41H31N3. The second kappa shape index (κ2) is 9.05. The van der Waals surface area contributed by atoms with Gasteiger partial charge in [0.25, 0.3) is 0 Å². The quantitative estimate of drug-likeness (QED) is 0.209. The molecule has 6 aromatic carbocycles. The van der Waals surface area contributed by atoms with Crippen LogP contribution in [0.25, 0.3) is 72.2 Å². The van der Waals surface area contributed by atoms with Crippen molar-refractivity contribution in [1.29, 1.82) is 0 Å². The van der Waals surface area contributed by atoms with E-state index in [2.05, 4.69) is 157 Å². The van der Waals surface area contributed by atoms with Crippen molar-refractivity contribution in [3.63, 3.8) is 0 Å². The van der Waals surface area contributed by atoms with E-state index in [4.69, 9.17) is 4.98 Å². The van der Waals surface area contributed by atoms with Gasteiger partial charge in [0.2, 0.25) is 0 Å². The summed E-state index contributed by atoms with van der Waals surface area (Å²) >= 11 is 0. The lowest BCUT2D eigenvalue weighted by atomic mass is 9.81. The van der Waals surface area contributed by atoms with Crippen molar-refractivity contribution in [3.05, 3.63) is 145 Å². The lowest BCUT2D eigenvalue weighted by Crippen LogP contribution is -2.16. The normalized spacial score (nSPS) is 13.5.